The van der Waals surface area contributed by atoms with Crippen molar-refractivity contribution in [3.05, 3.63) is 154 Å². The number of carbonyl (C=O) groups excluding carboxylic acids is 4. The minimum Gasteiger partial charge on any atom is -0.497 e. The van der Waals surface area contributed by atoms with Gasteiger partial charge in [0.1, 0.15) is 23.8 Å². The molecule has 0 fully saturated rings. The molecule has 0 N–H and O–H groups in total. The number of amides is 4. The predicted molar refractivity (Wildman–Crippen MR) is 219 cm³/mol. The average Bonchev–Trinajstić information content (AvgIpc) is 3.66. The minimum atomic E-state index is -0.489. The second-order valence-corrected chi connectivity index (χ2v) is 13.4. The molecular weight excluding hydrogens is 765 g/mol. The molecule has 0 aliphatic carbocycles. The zero-order valence-electron chi connectivity index (χ0n) is 33.2. The lowest BCUT2D eigenvalue weighted by atomic mass is 10.1. The summed E-state index contributed by atoms with van der Waals surface area (Å²) in [5, 5.41) is 1.59. The summed E-state index contributed by atoms with van der Waals surface area (Å²) in [6, 6.07) is 31.8. The topological polar surface area (TPSA) is 163 Å². The Morgan fingerprint density at radius 1 is 0.533 bits per heavy atom. The van der Waals surface area contributed by atoms with Crippen LogP contribution in [-0.2, 0) is 16.1 Å². The number of imide groups is 2. The molecule has 0 spiro atoms. The summed E-state index contributed by atoms with van der Waals surface area (Å²) < 4.78 is 10.6. The Bertz CT molecular complexity index is 2620. The van der Waals surface area contributed by atoms with E-state index in [0.29, 0.717) is 57.9 Å². The number of aromatic nitrogens is 4. The fourth-order valence-corrected chi connectivity index (χ4v) is 6.38. The van der Waals surface area contributed by atoms with E-state index in [0.717, 1.165) is 44.3 Å². The first kappa shape index (κ1) is 40.6. The number of hydroxylamine groups is 4. The van der Waals surface area contributed by atoms with Gasteiger partial charge in [0.25, 0.3) is 23.6 Å². The highest BCUT2D eigenvalue weighted by Gasteiger charge is 2.37. The standard InChI is InChI=1S/C23H21N3O4.C23H17N3O4/c2*1-15-13-17(29-2)14-21(24-15)20-11-5-7-16(25-20)8-6-12-30-26-22(27)18-9-3-4-10-19(18)23(26)28/h3-5,7,9-11,13-14H,6,8,12H2,1-2H3;3-5,7,9-11,13-14H,12H2,1-2H3. The molecule has 0 unspecified atom stereocenters. The van der Waals surface area contributed by atoms with Gasteiger partial charge in [-0.15, -0.1) is 10.1 Å². The van der Waals surface area contributed by atoms with Crippen LogP contribution in [0.4, 0.5) is 0 Å². The molecule has 60 heavy (non-hydrogen) atoms. The number of pyridine rings is 4. The molecule has 2 aromatic carbocycles. The summed E-state index contributed by atoms with van der Waals surface area (Å²) in [4.78, 5) is 78.1. The van der Waals surface area contributed by atoms with Crippen LogP contribution in [-0.4, -0.2) is 81.1 Å². The van der Waals surface area contributed by atoms with Crippen molar-refractivity contribution in [2.24, 2.45) is 0 Å². The van der Waals surface area contributed by atoms with Gasteiger partial charge in [-0.05, 0) is 81.1 Å². The van der Waals surface area contributed by atoms with E-state index in [1.165, 1.54) is 0 Å². The molecule has 14 nitrogen and oxygen atoms in total. The maximum absolute atomic E-state index is 12.3. The predicted octanol–water partition coefficient (Wildman–Crippen LogP) is 6.66. The average molecular weight is 803 g/mol. The number of methoxy groups -OCH3 is 2. The lowest BCUT2D eigenvalue weighted by molar-refractivity contribution is -0.0918. The minimum absolute atomic E-state index is 0.131. The number of rotatable bonds is 11. The Labute approximate surface area is 345 Å². The van der Waals surface area contributed by atoms with Crippen LogP contribution in [0.3, 0.4) is 0 Å². The van der Waals surface area contributed by atoms with E-state index in [2.05, 4.69) is 31.8 Å². The van der Waals surface area contributed by atoms with Crippen molar-refractivity contribution in [2.75, 3.05) is 27.4 Å². The number of aryl methyl sites for hydroxylation is 3. The van der Waals surface area contributed by atoms with Gasteiger partial charge in [0.05, 0.1) is 65.9 Å². The van der Waals surface area contributed by atoms with Gasteiger partial charge in [0.2, 0.25) is 0 Å². The lowest BCUT2D eigenvalue weighted by Gasteiger charge is -2.13. The van der Waals surface area contributed by atoms with Crippen LogP contribution in [0.1, 0.15) is 70.6 Å². The number of ether oxygens (including phenoxy) is 2. The SMILES string of the molecule is COc1cc(C)nc(-c2cccc(C#CCON3C(=O)c4ccccc4C3=O)n2)c1.COc1cc(C)nc(-c2cccc(CCCON3C(=O)c4ccccc4C3=O)n2)c1. The van der Waals surface area contributed by atoms with E-state index in [1.54, 1.807) is 74.9 Å². The van der Waals surface area contributed by atoms with Crippen LogP contribution < -0.4 is 9.47 Å². The molecule has 4 aromatic heterocycles. The van der Waals surface area contributed by atoms with Crippen LogP contribution in [0.15, 0.2) is 109 Å². The second-order valence-electron chi connectivity index (χ2n) is 13.4. The van der Waals surface area contributed by atoms with Crippen molar-refractivity contribution < 1.29 is 38.3 Å². The summed E-state index contributed by atoms with van der Waals surface area (Å²) in [5.74, 6) is 5.28. The van der Waals surface area contributed by atoms with E-state index in [-0.39, 0.29) is 13.2 Å². The summed E-state index contributed by atoms with van der Waals surface area (Å²) in [6.07, 6.45) is 1.24. The number of hydrogen-bond donors (Lipinski definition) is 0. The van der Waals surface area contributed by atoms with Crippen LogP contribution in [0, 0.1) is 25.7 Å². The Kier molecular flexibility index (Phi) is 12.4. The second kappa shape index (κ2) is 18.3. The summed E-state index contributed by atoms with van der Waals surface area (Å²) in [6.45, 7) is 3.89. The molecule has 14 heteroatoms. The number of benzene rings is 2. The molecule has 2 aliphatic rings. The quantitative estimate of drug-likeness (QED) is 0.0779. The van der Waals surface area contributed by atoms with E-state index in [1.807, 2.05) is 62.4 Å². The number of nitrogens with zero attached hydrogens (tertiary/aromatic N) is 6. The van der Waals surface area contributed by atoms with E-state index >= 15 is 0 Å². The molecule has 6 aromatic rings. The maximum Gasteiger partial charge on any atom is 0.285 e. The number of carbonyl (C=O) groups is 4. The molecule has 0 saturated heterocycles. The molecule has 300 valence electrons. The Morgan fingerprint density at radius 2 is 1.02 bits per heavy atom. The van der Waals surface area contributed by atoms with Gasteiger partial charge >= 0.3 is 0 Å². The van der Waals surface area contributed by atoms with Gasteiger partial charge in [-0.25, -0.2) is 9.82 Å². The Morgan fingerprint density at radius 3 is 1.53 bits per heavy atom. The number of hydrogen-bond acceptors (Lipinski definition) is 12. The zero-order chi connectivity index (χ0) is 42.2. The number of fused-ring (bicyclic) bond motifs is 2. The third kappa shape index (κ3) is 9.08. The van der Waals surface area contributed by atoms with Gasteiger partial charge in [0, 0.05) is 41.3 Å². The highest BCUT2D eigenvalue weighted by atomic mass is 16.7. The van der Waals surface area contributed by atoms with Crippen molar-refractivity contribution in [1.29, 1.82) is 0 Å². The van der Waals surface area contributed by atoms with Gasteiger partial charge in [-0.1, -0.05) is 42.3 Å². The molecular formula is C46H38N6O8. The van der Waals surface area contributed by atoms with Crippen molar-refractivity contribution in [3.63, 3.8) is 0 Å². The monoisotopic (exact) mass is 802 g/mol. The highest BCUT2D eigenvalue weighted by Crippen LogP contribution is 2.26. The molecule has 0 atom stereocenters. The molecule has 4 amide bonds. The van der Waals surface area contributed by atoms with Gasteiger partial charge in [-0.3, -0.25) is 39.0 Å². The van der Waals surface area contributed by atoms with Crippen LogP contribution >= 0.6 is 0 Å². The van der Waals surface area contributed by atoms with Crippen LogP contribution in [0.2, 0.25) is 0 Å². The third-order valence-electron chi connectivity index (χ3n) is 9.20. The fourth-order valence-electron chi connectivity index (χ4n) is 6.38. The molecule has 0 saturated carbocycles. The Hall–Kier alpha value is -7.60. The van der Waals surface area contributed by atoms with Crippen molar-refractivity contribution in [3.8, 4) is 46.1 Å². The van der Waals surface area contributed by atoms with E-state index in [9.17, 15) is 19.2 Å². The molecule has 2 aliphatic heterocycles. The third-order valence-corrected chi connectivity index (χ3v) is 9.20. The maximum atomic E-state index is 12.3. The zero-order valence-corrected chi connectivity index (χ0v) is 33.2. The van der Waals surface area contributed by atoms with Gasteiger partial charge < -0.3 is 9.47 Å². The lowest BCUT2D eigenvalue weighted by Crippen LogP contribution is -2.30. The van der Waals surface area contributed by atoms with Crippen molar-refractivity contribution in [2.45, 2.75) is 26.7 Å². The normalized spacial score (nSPS) is 12.7. The van der Waals surface area contributed by atoms with Crippen molar-refractivity contribution in [1.82, 2.24) is 30.1 Å². The fraction of sp³-hybridized carbons (Fsp3) is 0.174. The first-order chi connectivity index (χ1) is 29.1. The van der Waals surface area contributed by atoms with E-state index in [4.69, 9.17) is 19.1 Å². The van der Waals surface area contributed by atoms with Crippen LogP contribution in [0.5, 0.6) is 11.5 Å². The summed E-state index contributed by atoms with van der Waals surface area (Å²) >= 11 is 0. The highest BCUT2D eigenvalue weighted by molar-refractivity contribution is 6.21. The first-order valence-corrected chi connectivity index (χ1v) is 18.8. The molecule has 0 radical (unpaired) electrons. The van der Waals surface area contributed by atoms with Gasteiger partial charge in [-0.2, -0.15) is 0 Å². The van der Waals surface area contributed by atoms with E-state index < -0.39 is 23.6 Å². The summed E-state index contributed by atoms with van der Waals surface area (Å²) in [5.41, 5.74) is 7.30. The summed E-state index contributed by atoms with van der Waals surface area (Å²) in [7, 11) is 3.22. The molecule has 8 rings (SSSR count). The van der Waals surface area contributed by atoms with Crippen molar-refractivity contribution >= 4 is 23.6 Å². The Balaban J connectivity index is 0.000000181. The largest absolute Gasteiger partial charge is 0.497 e. The molecule has 6 heterocycles. The van der Waals surface area contributed by atoms with Crippen LogP contribution in [0.25, 0.3) is 22.8 Å². The first-order valence-electron chi connectivity index (χ1n) is 18.8. The van der Waals surface area contributed by atoms with Gasteiger partial charge in [0.15, 0.2) is 0 Å². The molecule has 0 bridgehead atoms. The smallest absolute Gasteiger partial charge is 0.285 e.